The van der Waals surface area contributed by atoms with E-state index < -0.39 is 0 Å². The minimum absolute atomic E-state index is 0.0000118. The second-order valence-corrected chi connectivity index (χ2v) is 7.47. The zero-order valence-corrected chi connectivity index (χ0v) is 15.7. The predicted octanol–water partition coefficient (Wildman–Crippen LogP) is 2.71. The van der Waals surface area contributed by atoms with Crippen molar-refractivity contribution in [3.8, 4) is 5.75 Å². The Kier molecular flexibility index (Phi) is 6.14. The van der Waals surface area contributed by atoms with E-state index in [9.17, 15) is 9.59 Å². The number of likely N-dealkylation sites (N-methyl/N-ethyl adjacent to an activating group) is 1. The standard InChI is InChI=1S/C18H23N3O3S/c1-18(2,3)20-16(22)9-21(4)17(23)13-6-5-7-15(8-13)24-10-14-11-25-12-19-14/h5-8,11-12H,9-10H2,1-4H3,(H,20,22). The molecule has 0 saturated heterocycles. The van der Waals surface area contributed by atoms with Crippen LogP contribution in [0, 0.1) is 0 Å². The average molecular weight is 361 g/mol. The molecular formula is C18H23N3O3S. The molecule has 1 aromatic heterocycles. The molecule has 0 spiro atoms. The number of rotatable bonds is 6. The predicted molar refractivity (Wildman–Crippen MR) is 97.7 cm³/mol. The van der Waals surface area contributed by atoms with Crippen molar-refractivity contribution in [3.63, 3.8) is 0 Å². The van der Waals surface area contributed by atoms with Crippen LogP contribution in [-0.2, 0) is 11.4 Å². The first-order valence-electron chi connectivity index (χ1n) is 7.91. The maximum atomic E-state index is 12.5. The second kappa shape index (κ2) is 8.11. The molecule has 25 heavy (non-hydrogen) atoms. The van der Waals surface area contributed by atoms with Gasteiger partial charge in [0.2, 0.25) is 5.91 Å². The van der Waals surface area contributed by atoms with Crippen molar-refractivity contribution in [2.45, 2.75) is 32.9 Å². The Labute approximate surface area is 151 Å². The van der Waals surface area contributed by atoms with Gasteiger partial charge in [0, 0.05) is 23.5 Å². The third kappa shape index (κ3) is 6.19. The molecule has 6 nitrogen and oxygen atoms in total. The van der Waals surface area contributed by atoms with Crippen LogP contribution in [0.1, 0.15) is 36.8 Å². The molecule has 1 heterocycles. The summed E-state index contributed by atoms with van der Waals surface area (Å²) in [6, 6.07) is 6.92. The molecule has 7 heteroatoms. The van der Waals surface area contributed by atoms with Crippen LogP contribution in [0.15, 0.2) is 35.2 Å². The highest BCUT2D eigenvalue weighted by Crippen LogP contribution is 2.16. The summed E-state index contributed by atoms with van der Waals surface area (Å²) < 4.78 is 5.66. The zero-order valence-electron chi connectivity index (χ0n) is 14.9. The number of nitrogens with one attached hydrogen (secondary N) is 1. The first kappa shape index (κ1) is 18.9. The molecule has 1 aromatic carbocycles. The van der Waals surface area contributed by atoms with Crippen LogP contribution < -0.4 is 10.1 Å². The Morgan fingerprint density at radius 1 is 1.32 bits per heavy atom. The Hall–Kier alpha value is -2.41. The number of nitrogens with zero attached hydrogens (tertiary/aromatic N) is 2. The van der Waals surface area contributed by atoms with E-state index >= 15 is 0 Å². The summed E-state index contributed by atoms with van der Waals surface area (Å²) >= 11 is 1.51. The number of hydrogen-bond donors (Lipinski definition) is 1. The summed E-state index contributed by atoms with van der Waals surface area (Å²) in [4.78, 5) is 30.0. The van der Waals surface area contributed by atoms with Gasteiger partial charge in [-0.2, -0.15) is 0 Å². The van der Waals surface area contributed by atoms with E-state index in [1.165, 1.54) is 16.2 Å². The Balaban J connectivity index is 1.96. The third-order valence-electron chi connectivity index (χ3n) is 3.19. The molecule has 0 aliphatic carbocycles. The Bertz CT molecular complexity index is 723. The molecule has 0 unspecified atom stereocenters. The van der Waals surface area contributed by atoms with Gasteiger partial charge in [-0.05, 0) is 39.0 Å². The van der Waals surface area contributed by atoms with E-state index in [2.05, 4.69) is 10.3 Å². The number of amides is 2. The van der Waals surface area contributed by atoms with Gasteiger partial charge in [-0.15, -0.1) is 11.3 Å². The maximum absolute atomic E-state index is 12.5. The SMILES string of the molecule is CN(CC(=O)NC(C)(C)C)C(=O)c1cccc(OCc2cscn2)c1. The van der Waals surface area contributed by atoms with Crippen molar-refractivity contribution in [1.29, 1.82) is 0 Å². The number of carbonyl (C=O) groups excluding carboxylic acids is 2. The Morgan fingerprint density at radius 3 is 2.72 bits per heavy atom. The molecule has 0 aliphatic heterocycles. The summed E-state index contributed by atoms with van der Waals surface area (Å²) in [5.41, 5.74) is 2.74. The highest BCUT2D eigenvalue weighted by Gasteiger charge is 2.19. The lowest BCUT2D eigenvalue weighted by Crippen LogP contribution is -2.46. The molecule has 2 amide bonds. The largest absolute Gasteiger partial charge is 0.487 e. The normalized spacial score (nSPS) is 11.0. The number of ether oxygens (including phenoxy) is 1. The van der Waals surface area contributed by atoms with Crippen molar-refractivity contribution < 1.29 is 14.3 Å². The average Bonchev–Trinajstić information content (AvgIpc) is 3.04. The lowest BCUT2D eigenvalue weighted by molar-refractivity contribution is -0.122. The van der Waals surface area contributed by atoms with Crippen molar-refractivity contribution in [2.75, 3.05) is 13.6 Å². The van der Waals surface area contributed by atoms with Crippen LogP contribution in [0.3, 0.4) is 0 Å². The van der Waals surface area contributed by atoms with Crippen LogP contribution in [0.4, 0.5) is 0 Å². The van der Waals surface area contributed by atoms with E-state index in [0.717, 1.165) is 5.69 Å². The van der Waals surface area contributed by atoms with Gasteiger partial charge in [-0.3, -0.25) is 9.59 Å². The molecule has 2 rings (SSSR count). The maximum Gasteiger partial charge on any atom is 0.254 e. The van der Waals surface area contributed by atoms with Crippen molar-refractivity contribution in [2.24, 2.45) is 0 Å². The molecule has 0 radical (unpaired) electrons. The summed E-state index contributed by atoms with van der Waals surface area (Å²) in [6.07, 6.45) is 0. The molecular weight excluding hydrogens is 338 g/mol. The molecule has 1 N–H and O–H groups in total. The van der Waals surface area contributed by atoms with Gasteiger partial charge in [0.15, 0.2) is 0 Å². The van der Waals surface area contributed by atoms with E-state index in [0.29, 0.717) is 17.9 Å². The monoisotopic (exact) mass is 361 g/mol. The van der Waals surface area contributed by atoms with E-state index in [-0.39, 0.29) is 23.9 Å². The van der Waals surface area contributed by atoms with Gasteiger partial charge >= 0.3 is 0 Å². The van der Waals surface area contributed by atoms with Crippen LogP contribution in [0.2, 0.25) is 0 Å². The summed E-state index contributed by atoms with van der Waals surface area (Å²) in [5, 5.41) is 4.75. The number of carbonyl (C=O) groups is 2. The summed E-state index contributed by atoms with van der Waals surface area (Å²) in [7, 11) is 1.60. The van der Waals surface area contributed by atoms with Gasteiger partial charge < -0.3 is 15.0 Å². The van der Waals surface area contributed by atoms with Crippen molar-refractivity contribution in [3.05, 3.63) is 46.4 Å². The van der Waals surface area contributed by atoms with Crippen LogP contribution in [0.25, 0.3) is 0 Å². The van der Waals surface area contributed by atoms with Gasteiger partial charge in [-0.1, -0.05) is 6.07 Å². The Morgan fingerprint density at radius 2 is 2.08 bits per heavy atom. The van der Waals surface area contributed by atoms with Crippen LogP contribution in [-0.4, -0.2) is 40.8 Å². The number of benzene rings is 1. The van der Waals surface area contributed by atoms with Gasteiger partial charge in [-0.25, -0.2) is 4.98 Å². The number of hydrogen-bond acceptors (Lipinski definition) is 5. The van der Waals surface area contributed by atoms with Crippen LogP contribution >= 0.6 is 11.3 Å². The minimum Gasteiger partial charge on any atom is -0.487 e. The first-order chi connectivity index (χ1) is 11.7. The highest BCUT2D eigenvalue weighted by molar-refractivity contribution is 7.07. The highest BCUT2D eigenvalue weighted by atomic mass is 32.1. The van der Waals surface area contributed by atoms with E-state index in [1.807, 2.05) is 26.2 Å². The topological polar surface area (TPSA) is 71.5 Å². The minimum atomic E-state index is -0.329. The fourth-order valence-corrected chi connectivity index (χ4v) is 2.69. The van der Waals surface area contributed by atoms with Crippen molar-refractivity contribution in [1.82, 2.24) is 15.2 Å². The fourth-order valence-electron chi connectivity index (χ4n) is 2.15. The number of thiazole rings is 1. The molecule has 0 aliphatic rings. The summed E-state index contributed by atoms with van der Waals surface area (Å²) in [5.74, 6) is 0.161. The van der Waals surface area contributed by atoms with Gasteiger partial charge in [0.1, 0.15) is 12.4 Å². The molecule has 0 fully saturated rings. The molecule has 0 saturated carbocycles. The second-order valence-electron chi connectivity index (χ2n) is 6.76. The fraction of sp³-hybridized carbons (Fsp3) is 0.389. The lowest BCUT2D eigenvalue weighted by atomic mass is 10.1. The number of aromatic nitrogens is 1. The molecule has 134 valence electrons. The zero-order chi connectivity index (χ0) is 18.4. The van der Waals surface area contributed by atoms with E-state index in [1.54, 1.807) is 36.8 Å². The lowest BCUT2D eigenvalue weighted by Gasteiger charge is -2.23. The van der Waals surface area contributed by atoms with Gasteiger partial charge in [0.25, 0.3) is 5.91 Å². The smallest absolute Gasteiger partial charge is 0.254 e. The van der Waals surface area contributed by atoms with Crippen molar-refractivity contribution >= 4 is 23.2 Å². The quantitative estimate of drug-likeness (QED) is 0.859. The molecule has 2 aromatic rings. The third-order valence-corrected chi connectivity index (χ3v) is 3.83. The molecule has 0 atom stereocenters. The first-order valence-corrected chi connectivity index (χ1v) is 8.85. The van der Waals surface area contributed by atoms with Crippen LogP contribution in [0.5, 0.6) is 5.75 Å². The molecule has 0 bridgehead atoms. The van der Waals surface area contributed by atoms with E-state index in [4.69, 9.17) is 4.74 Å². The summed E-state index contributed by atoms with van der Waals surface area (Å²) in [6.45, 7) is 6.05. The van der Waals surface area contributed by atoms with Gasteiger partial charge in [0.05, 0.1) is 17.7 Å².